The summed E-state index contributed by atoms with van der Waals surface area (Å²) in [6, 6.07) is 0. The number of hydrogen-bond acceptors (Lipinski definition) is 4. The summed E-state index contributed by atoms with van der Waals surface area (Å²) in [7, 11) is 1.70. The van der Waals surface area contributed by atoms with E-state index >= 15 is 0 Å². The van der Waals surface area contributed by atoms with Gasteiger partial charge in [0, 0.05) is 15.9 Å². The van der Waals surface area contributed by atoms with Crippen LogP contribution in [0, 0.1) is 0 Å². The summed E-state index contributed by atoms with van der Waals surface area (Å²) in [4.78, 5) is 15.1. The molecule has 1 aromatic heterocycles. The lowest BCUT2D eigenvalue weighted by atomic mass is 10.3. The van der Waals surface area contributed by atoms with Crippen molar-refractivity contribution in [1.29, 1.82) is 0 Å². The fraction of sp³-hybridized carbons (Fsp3) is 0.333. The van der Waals surface area contributed by atoms with Crippen molar-refractivity contribution in [2.75, 3.05) is 13.6 Å². The first kappa shape index (κ1) is 8.42. The Bertz CT molecular complexity index is 259. The minimum Gasteiger partial charge on any atom is -0.428 e. The molecule has 0 aliphatic heterocycles. The monoisotopic (exact) mass is 218 g/mol. The topological polar surface area (TPSA) is 55.1 Å². The zero-order valence-electron chi connectivity index (χ0n) is 5.93. The molecular weight excluding hydrogens is 212 g/mol. The number of aromatic nitrogens is 1. The lowest BCUT2D eigenvalue weighted by molar-refractivity contribution is 0.0966. The van der Waals surface area contributed by atoms with E-state index in [4.69, 9.17) is 4.42 Å². The molecule has 0 radical (unpaired) electrons. The third-order valence-electron chi connectivity index (χ3n) is 1.09. The maximum atomic E-state index is 11.0. The van der Waals surface area contributed by atoms with Gasteiger partial charge < -0.3 is 9.73 Å². The van der Waals surface area contributed by atoms with Gasteiger partial charge in [-0.1, -0.05) is 0 Å². The highest BCUT2D eigenvalue weighted by atomic mass is 79.9. The molecule has 0 fully saturated rings. The van der Waals surface area contributed by atoms with E-state index in [2.05, 4.69) is 26.2 Å². The van der Waals surface area contributed by atoms with Crippen LogP contribution in [0.2, 0.25) is 0 Å². The Morgan fingerprint density at radius 3 is 3.09 bits per heavy atom. The van der Waals surface area contributed by atoms with Crippen LogP contribution in [-0.2, 0) is 0 Å². The number of rotatable bonds is 3. The summed E-state index contributed by atoms with van der Waals surface area (Å²) in [6.07, 6.45) is 1.39. The summed E-state index contributed by atoms with van der Waals surface area (Å²) in [6.45, 7) is 0.266. The molecule has 0 saturated heterocycles. The van der Waals surface area contributed by atoms with Crippen LogP contribution in [0.25, 0.3) is 0 Å². The zero-order valence-corrected chi connectivity index (χ0v) is 7.51. The molecule has 0 spiro atoms. The Labute approximate surface area is 72.1 Å². The number of ketones is 1. The van der Waals surface area contributed by atoms with Crippen LogP contribution in [0.3, 0.4) is 0 Å². The molecule has 1 aromatic rings. The van der Waals surface area contributed by atoms with Crippen molar-refractivity contribution >= 4 is 21.7 Å². The van der Waals surface area contributed by atoms with Crippen molar-refractivity contribution in [3.63, 3.8) is 0 Å². The standard InChI is InChI=1S/C6H7BrN2O2/c1-8-2-4(10)5-3-9-6(7)11-5/h3,8H,2H2,1H3. The smallest absolute Gasteiger partial charge is 0.264 e. The van der Waals surface area contributed by atoms with E-state index in [1.807, 2.05) is 0 Å². The maximum absolute atomic E-state index is 11.0. The average Bonchev–Trinajstić information content (AvgIpc) is 2.36. The number of oxazole rings is 1. The van der Waals surface area contributed by atoms with E-state index in [1.54, 1.807) is 7.05 Å². The molecular formula is C6H7BrN2O2. The Kier molecular flexibility index (Phi) is 2.78. The van der Waals surface area contributed by atoms with E-state index in [1.165, 1.54) is 6.20 Å². The summed E-state index contributed by atoms with van der Waals surface area (Å²) < 4.78 is 4.91. The fourth-order valence-corrected chi connectivity index (χ4v) is 0.906. The molecule has 0 unspecified atom stereocenters. The number of Topliss-reactive ketones (excluding diaryl/α,β-unsaturated/α-hetero) is 1. The number of likely N-dealkylation sites (N-methyl/N-ethyl adjacent to an activating group) is 1. The third-order valence-corrected chi connectivity index (χ3v) is 1.46. The van der Waals surface area contributed by atoms with Gasteiger partial charge in [-0.15, -0.1) is 0 Å². The molecule has 0 bridgehead atoms. The molecule has 60 valence electrons. The minimum absolute atomic E-state index is 0.106. The largest absolute Gasteiger partial charge is 0.428 e. The van der Waals surface area contributed by atoms with Gasteiger partial charge in [-0.3, -0.25) is 4.79 Å². The van der Waals surface area contributed by atoms with Crippen molar-refractivity contribution in [2.24, 2.45) is 0 Å². The third kappa shape index (κ3) is 2.13. The van der Waals surface area contributed by atoms with Crippen LogP contribution in [0.1, 0.15) is 10.6 Å². The van der Waals surface area contributed by atoms with Crippen molar-refractivity contribution in [3.05, 3.63) is 16.8 Å². The first-order chi connectivity index (χ1) is 5.24. The molecule has 5 heteroatoms. The predicted molar refractivity (Wildman–Crippen MR) is 42.5 cm³/mol. The molecule has 11 heavy (non-hydrogen) atoms. The van der Waals surface area contributed by atoms with Crippen LogP contribution in [0.15, 0.2) is 15.4 Å². The second kappa shape index (κ2) is 3.64. The van der Waals surface area contributed by atoms with Gasteiger partial charge in [-0.25, -0.2) is 4.98 Å². The zero-order chi connectivity index (χ0) is 8.27. The Morgan fingerprint density at radius 2 is 2.64 bits per heavy atom. The van der Waals surface area contributed by atoms with Crippen molar-refractivity contribution < 1.29 is 9.21 Å². The van der Waals surface area contributed by atoms with Gasteiger partial charge in [0.25, 0.3) is 4.80 Å². The Morgan fingerprint density at radius 1 is 1.91 bits per heavy atom. The summed E-state index contributed by atoms with van der Waals surface area (Å²) in [5, 5.41) is 2.72. The number of nitrogens with zero attached hydrogens (tertiary/aromatic N) is 1. The lowest BCUT2D eigenvalue weighted by Gasteiger charge is -1.91. The second-order valence-corrected chi connectivity index (χ2v) is 2.61. The molecule has 1 rings (SSSR count). The van der Waals surface area contributed by atoms with Crippen LogP contribution in [0.4, 0.5) is 0 Å². The van der Waals surface area contributed by atoms with Gasteiger partial charge in [0.1, 0.15) is 0 Å². The van der Waals surface area contributed by atoms with Gasteiger partial charge in [0.2, 0.25) is 5.78 Å². The van der Waals surface area contributed by atoms with E-state index in [0.29, 0.717) is 4.80 Å². The molecule has 0 aliphatic rings. The van der Waals surface area contributed by atoms with E-state index < -0.39 is 0 Å². The van der Waals surface area contributed by atoms with Gasteiger partial charge in [0.15, 0.2) is 5.76 Å². The van der Waals surface area contributed by atoms with Gasteiger partial charge in [-0.2, -0.15) is 0 Å². The number of carbonyl (C=O) groups is 1. The van der Waals surface area contributed by atoms with Gasteiger partial charge >= 0.3 is 0 Å². The van der Waals surface area contributed by atoms with Crippen molar-refractivity contribution in [2.45, 2.75) is 0 Å². The second-order valence-electron chi connectivity index (χ2n) is 1.93. The molecule has 1 N–H and O–H groups in total. The normalized spacial score (nSPS) is 10.0. The molecule has 0 aliphatic carbocycles. The predicted octanol–water partition coefficient (Wildman–Crippen LogP) is 0.839. The Hall–Kier alpha value is -0.680. The van der Waals surface area contributed by atoms with Gasteiger partial charge in [0.05, 0.1) is 12.7 Å². The first-order valence-electron chi connectivity index (χ1n) is 3.03. The molecule has 0 aromatic carbocycles. The van der Waals surface area contributed by atoms with Crippen LogP contribution < -0.4 is 5.32 Å². The van der Waals surface area contributed by atoms with Crippen LogP contribution in [0.5, 0.6) is 0 Å². The molecule has 0 amide bonds. The number of hydrogen-bond donors (Lipinski definition) is 1. The first-order valence-corrected chi connectivity index (χ1v) is 3.82. The molecule has 4 nitrogen and oxygen atoms in total. The lowest BCUT2D eigenvalue weighted by Crippen LogP contribution is -2.17. The summed E-state index contributed by atoms with van der Waals surface area (Å²) in [5.41, 5.74) is 0. The number of carbonyl (C=O) groups excluding carboxylic acids is 1. The maximum Gasteiger partial charge on any atom is 0.264 e. The van der Waals surface area contributed by atoms with Crippen molar-refractivity contribution in [1.82, 2.24) is 10.3 Å². The summed E-state index contributed by atoms with van der Waals surface area (Å²) in [5.74, 6) is 0.164. The SMILES string of the molecule is CNCC(=O)c1cnc(Br)o1. The average molecular weight is 219 g/mol. The van der Waals surface area contributed by atoms with E-state index in [0.717, 1.165) is 0 Å². The quantitative estimate of drug-likeness (QED) is 0.765. The minimum atomic E-state index is -0.106. The van der Waals surface area contributed by atoms with Crippen LogP contribution in [-0.4, -0.2) is 24.4 Å². The summed E-state index contributed by atoms with van der Waals surface area (Å²) >= 11 is 3.00. The number of nitrogens with one attached hydrogen (secondary N) is 1. The Balaban J connectivity index is 2.69. The molecule has 0 saturated carbocycles. The highest BCUT2D eigenvalue weighted by molar-refractivity contribution is 9.10. The molecule has 0 atom stereocenters. The fourth-order valence-electron chi connectivity index (χ4n) is 0.629. The van der Waals surface area contributed by atoms with Gasteiger partial charge in [-0.05, 0) is 7.05 Å². The van der Waals surface area contributed by atoms with E-state index in [-0.39, 0.29) is 18.1 Å². The van der Waals surface area contributed by atoms with Crippen molar-refractivity contribution in [3.8, 4) is 0 Å². The highest BCUT2D eigenvalue weighted by Gasteiger charge is 2.09. The molecule has 1 heterocycles. The van der Waals surface area contributed by atoms with Crippen LogP contribution >= 0.6 is 15.9 Å². The van der Waals surface area contributed by atoms with E-state index in [9.17, 15) is 4.79 Å². The highest BCUT2D eigenvalue weighted by Crippen LogP contribution is 2.09. The number of halogens is 1.